The highest BCUT2D eigenvalue weighted by Gasteiger charge is 2.34. The van der Waals surface area contributed by atoms with Gasteiger partial charge in [-0.25, -0.2) is 9.40 Å². The second-order valence-electron chi connectivity index (χ2n) is 7.20. The number of halogens is 1. The van der Waals surface area contributed by atoms with Crippen molar-refractivity contribution < 1.29 is 23.1 Å². The van der Waals surface area contributed by atoms with Gasteiger partial charge in [0.1, 0.15) is 29.1 Å². The molecule has 0 saturated carbocycles. The molecule has 8 heteroatoms. The van der Waals surface area contributed by atoms with Gasteiger partial charge in [-0.05, 0) is 60.2 Å². The highest BCUT2D eigenvalue weighted by atomic mass is 32.2. The first-order chi connectivity index (χ1) is 15.6. The SMILES string of the molecule is COc1ccc(C2=NN(C(=O)CSCc3cc(F)ccc3OC)[C@H](c3ccco3)C2)cc1. The van der Waals surface area contributed by atoms with E-state index in [1.165, 1.54) is 28.9 Å². The first-order valence-electron chi connectivity index (χ1n) is 10.1. The summed E-state index contributed by atoms with van der Waals surface area (Å²) in [6.07, 6.45) is 2.14. The summed E-state index contributed by atoms with van der Waals surface area (Å²) in [5.74, 6) is 2.20. The topological polar surface area (TPSA) is 64.3 Å². The molecule has 1 aliphatic rings. The summed E-state index contributed by atoms with van der Waals surface area (Å²) in [5.41, 5.74) is 2.44. The monoisotopic (exact) mass is 454 g/mol. The summed E-state index contributed by atoms with van der Waals surface area (Å²) in [7, 11) is 3.16. The van der Waals surface area contributed by atoms with Crippen molar-refractivity contribution in [2.75, 3.05) is 20.0 Å². The van der Waals surface area contributed by atoms with Crippen LogP contribution in [-0.4, -0.2) is 36.6 Å². The van der Waals surface area contributed by atoms with Crippen molar-refractivity contribution in [1.29, 1.82) is 0 Å². The number of methoxy groups -OCH3 is 2. The minimum atomic E-state index is -0.334. The summed E-state index contributed by atoms with van der Waals surface area (Å²) < 4.78 is 29.7. The lowest BCUT2D eigenvalue weighted by atomic mass is 10.0. The maximum absolute atomic E-state index is 13.6. The molecule has 4 rings (SSSR count). The number of benzene rings is 2. The zero-order chi connectivity index (χ0) is 22.5. The van der Waals surface area contributed by atoms with Gasteiger partial charge in [0.2, 0.25) is 0 Å². The van der Waals surface area contributed by atoms with Crippen LogP contribution in [0.25, 0.3) is 0 Å². The lowest BCUT2D eigenvalue weighted by molar-refractivity contribution is -0.130. The van der Waals surface area contributed by atoms with Gasteiger partial charge in [-0.3, -0.25) is 4.79 Å². The van der Waals surface area contributed by atoms with Crippen LogP contribution < -0.4 is 9.47 Å². The second kappa shape index (κ2) is 9.91. The molecule has 2 aromatic carbocycles. The normalized spacial score (nSPS) is 15.5. The quantitative estimate of drug-likeness (QED) is 0.477. The van der Waals surface area contributed by atoms with Crippen LogP contribution in [0.5, 0.6) is 11.5 Å². The number of ether oxygens (including phenoxy) is 2. The molecule has 1 aromatic heterocycles. The van der Waals surface area contributed by atoms with Gasteiger partial charge in [0.05, 0.1) is 31.9 Å². The Hall–Kier alpha value is -3.26. The Morgan fingerprint density at radius 3 is 2.69 bits per heavy atom. The molecule has 0 spiro atoms. The Balaban J connectivity index is 1.48. The average Bonchev–Trinajstić information content (AvgIpc) is 3.49. The Kier molecular flexibility index (Phi) is 6.80. The van der Waals surface area contributed by atoms with E-state index in [4.69, 9.17) is 13.9 Å². The van der Waals surface area contributed by atoms with Crippen LogP contribution in [0.4, 0.5) is 4.39 Å². The molecule has 0 saturated heterocycles. The van der Waals surface area contributed by atoms with E-state index in [1.807, 2.05) is 30.3 Å². The molecular formula is C24H23FN2O4S. The fourth-order valence-corrected chi connectivity index (χ4v) is 4.43. The lowest BCUT2D eigenvalue weighted by Crippen LogP contribution is -2.28. The number of furan rings is 1. The number of thioether (sulfide) groups is 1. The van der Waals surface area contributed by atoms with Crippen molar-refractivity contribution in [3.8, 4) is 11.5 Å². The van der Waals surface area contributed by atoms with E-state index >= 15 is 0 Å². The van der Waals surface area contributed by atoms with Gasteiger partial charge < -0.3 is 13.9 Å². The predicted octanol–water partition coefficient (Wildman–Crippen LogP) is 5.05. The molecule has 0 fully saturated rings. The van der Waals surface area contributed by atoms with E-state index < -0.39 is 0 Å². The largest absolute Gasteiger partial charge is 0.497 e. The summed E-state index contributed by atoms with van der Waals surface area (Å²) >= 11 is 1.39. The summed E-state index contributed by atoms with van der Waals surface area (Å²) in [5, 5.41) is 6.12. The van der Waals surface area contributed by atoms with Crippen molar-refractivity contribution >= 4 is 23.4 Å². The van der Waals surface area contributed by atoms with Crippen LogP contribution in [0, 0.1) is 5.82 Å². The molecule has 0 aliphatic carbocycles. The van der Waals surface area contributed by atoms with E-state index in [0.29, 0.717) is 29.2 Å². The maximum atomic E-state index is 13.6. The first kappa shape index (κ1) is 22.0. The smallest absolute Gasteiger partial charge is 0.253 e. The Morgan fingerprint density at radius 2 is 2.00 bits per heavy atom. The van der Waals surface area contributed by atoms with Gasteiger partial charge in [0.25, 0.3) is 5.91 Å². The Labute approximate surface area is 190 Å². The van der Waals surface area contributed by atoms with Crippen molar-refractivity contribution in [3.05, 3.63) is 83.6 Å². The number of hydrogen-bond donors (Lipinski definition) is 0. The summed E-state index contributed by atoms with van der Waals surface area (Å²) in [6.45, 7) is 0. The van der Waals surface area contributed by atoms with Gasteiger partial charge >= 0.3 is 0 Å². The first-order valence-corrected chi connectivity index (χ1v) is 11.2. The molecule has 0 bridgehead atoms. The molecule has 3 aromatic rings. The Morgan fingerprint density at radius 1 is 1.19 bits per heavy atom. The van der Waals surface area contributed by atoms with Crippen LogP contribution >= 0.6 is 11.8 Å². The summed E-state index contributed by atoms with van der Waals surface area (Å²) in [4.78, 5) is 13.1. The molecule has 0 unspecified atom stereocenters. The third-order valence-electron chi connectivity index (χ3n) is 5.19. The van der Waals surface area contributed by atoms with Gasteiger partial charge in [-0.1, -0.05) is 0 Å². The molecule has 0 radical (unpaired) electrons. The standard InChI is InChI=1S/C24H23FN2O4S/c1-29-19-8-5-16(6-9-19)20-13-21(23-4-3-11-31-23)27(26-20)24(28)15-32-14-17-12-18(25)7-10-22(17)30-2/h3-12,21H,13-15H2,1-2H3/t21-/m0/s1. The third kappa shape index (κ3) is 4.80. The van der Waals surface area contributed by atoms with Crippen LogP contribution in [0.3, 0.4) is 0 Å². The van der Waals surface area contributed by atoms with Crippen LogP contribution in [0.2, 0.25) is 0 Å². The molecule has 1 atom stereocenters. The number of hydrazone groups is 1. The Bertz CT molecular complexity index is 1100. The van der Waals surface area contributed by atoms with Gasteiger partial charge in [0.15, 0.2) is 0 Å². The highest BCUT2D eigenvalue weighted by Crippen LogP contribution is 2.34. The van der Waals surface area contributed by atoms with Crippen LogP contribution in [0.1, 0.15) is 29.3 Å². The highest BCUT2D eigenvalue weighted by molar-refractivity contribution is 7.99. The van der Waals surface area contributed by atoms with Crippen molar-refractivity contribution in [3.63, 3.8) is 0 Å². The fourth-order valence-electron chi connectivity index (χ4n) is 3.58. The summed E-state index contributed by atoms with van der Waals surface area (Å²) in [6, 6.07) is 15.3. The molecule has 2 heterocycles. The van der Waals surface area contributed by atoms with E-state index in [0.717, 1.165) is 17.0 Å². The van der Waals surface area contributed by atoms with Gasteiger partial charge in [-0.15, -0.1) is 11.8 Å². The number of amides is 1. The average molecular weight is 455 g/mol. The zero-order valence-electron chi connectivity index (χ0n) is 17.8. The number of carbonyl (C=O) groups excluding carboxylic acids is 1. The van der Waals surface area contributed by atoms with E-state index in [2.05, 4.69) is 5.10 Å². The number of rotatable bonds is 8. The molecule has 1 aliphatic heterocycles. The van der Waals surface area contributed by atoms with Crippen LogP contribution in [-0.2, 0) is 10.5 Å². The fraction of sp³-hybridized carbons (Fsp3) is 0.250. The number of hydrogen-bond acceptors (Lipinski definition) is 6. The molecule has 6 nitrogen and oxygen atoms in total. The molecule has 166 valence electrons. The lowest BCUT2D eigenvalue weighted by Gasteiger charge is -2.19. The van der Waals surface area contributed by atoms with Gasteiger partial charge in [-0.2, -0.15) is 5.10 Å². The number of nitrogens with zero attached hydrogens (tertiary/aromatic N) is 2. The minimum absolute atomic E-state index is 0.143. The van der Waals surface area contributed by atoms with Crippen molar-refractivity contribution in [2.24, 2.45) is 5.10 Å². The minimum Gasteiger partial charge on any atom is -0.497 e. The van der Waals surface area contributed by atoms with Crippen molar-refractivity contribution in [2.45, 2.75) is 18.2 Å². The van der Waals surface area contributed by atoms with E-state index in [1.54, 1.807) is 32.6 Å². The van der Waals surface area contributed by atoms with Crippen molar-refractivity contribution in [1.82, 2.24) is 5.01 Å². The molecule has 32 heavy (non-hydrogen) atoms. The third-order valence-corrected chi connectivity index (χ3v) is 6.15. The molecule has 0 N–H and O–H groups in total. The van der Waals surface area contributed by atoms with E-state index in [-0.39, 0.29) is 23.5 Å². The molecular weight excluding hydrogens is 431 g/mol. The maximum Gasteiger partial charge on any atom is 0.253 e. The predicted molar refractivity (Wildman–Crippen MR) is 122 cm³/mol. The zero-order valence-corrected chi connectivity index (χ0v) is 18.6. The second-order valence-corrected chi connectivity index (χ2v) is 8.18. The van der Waals surface area contributed by atoms with E-state index in [9.17, 15) is 9.18 Å². The molecule has 1 amide bonds. The van der Waals surface area contributed by atoms with Gasteiger partial charge in [0, 0.05) is 17.7 Å². The van der Waals surface area contributed by atoms with Crippen LogP contribution in [0.15, 0.2) is 70.4 Å². The number of carbonyl (C=O) groups is 1.